The predicted molar refractivity (Wildman–Crippen MR) is 74.7 cm³/mol. The van der Waals surface area contributed by atoms with Crippen LogP contribution in [0.15, 0.2) is 29.2 Å². The maximum absolute atomic E-state index is 12.1. The predicted octanol–water partition coefficient (Wildman–Crippen LogP) is 1.30. The van der Waals surface area contributed by atoms with Crippen LogP contribution >= 0.6 is 0 Å². The second-order valence-corrected chi connectivity index (χ2v) is 7.66. The minimum Gasteiger partial charge on any atom is -0.394 e. The van der Waals surface area contributed by atoms with Gasteiger partial charge in [0, 0.05) is 0 Å². The average molecular weight is 283 g/mol. The van der Waals surface area contributed by atoms with Crippen molar-refractivity contribution >= 4 is 9.84 Å². The third kappa shape index (κ3) is 2.68. The van der Waals surface area contributed by atoms with Gasteiger partial charge in [0.25, 0.3) is 0 Å². The van der Waals surface area contributed by atoms with Crippen LogP contribution in [0, 0.1) is 5.92 Å². The van der Waals surface area contributed by atoms with Crippen molar-refractivity contribution in [2.45, 2.75) is 30.7 Å². The summed E-state index contributed by atoms with van der Waals surface area (Å²) in [5, 5.41) is 13.2. The lowest BCUT2D eigenvalue weighted by Crippen LogP contribution is -2.51. The Hall–Kier alpha value is -0.910. The topological polar surface area (TPSA) is 66.4 Å². The smallest absolute Gasteiger partial charge is 0.178 e. The first kappa shape index (κ1) is 14.5. The quantitative estimate of drug-likeness (QED) is 0.874. The maximum Gasteiger partial charge on any atom is 0.178 e. The number of nitrogens with one attached hydrogen (secondary N) is 1. The monoisotopic (exact) mass is 283 g/mol. The summed E-state index contributed by atoms with van der Waals surface area (Å²) in [6.07, 6.45) is 0.412. The molecule has 106 valence electrons. The first-order chi connectivity index (χ1) is 8.91. The van der Waals surface area contributed by atoms with Gasteiger partial charge in [-0.05, 0) is 30.5 Å². The summed E-state index contributed by atoms with van der Waals surface area (Å²) in [5.41, 5.74) is 0.0658. The lowest BCUT2D eigenvalue weighted by molar-refractivity contribution is 0.147. The molecule has 0 aliphatic carbocycles. The lowest BCUT2D eigenvalue weighted by Gasteiger charge is -2.38. The van der Waals surface area contributed by atoms with E-state index >= 15 is 0 Å². The minimum atomic E-state index is -3.21. The number of fused-ring (bicyclic) bond motifs is 1. The number of benzene rings is 1. The van der Waals surface area contributed by atoms with E-state index in [0.29, 0.717) is 22.8 Å². The molecular formula is C14H21NO3S. The number of rotatable bonds is 4. The molecule has 1 aromatic rings. The highest BCUT2D eigenvalue weighted by atomic mass is 32.2. The number of aliphatic hydroxyl groups excluding tert-OH is 1. The van der Waals surface area contributed by atoms with Gasteiger partial charge in [-0.25, -0.2) is 8.42 Å². The van der Waals surface area contributed by atoms with Gasteiger partial charge in [0.15, 0.2) is 9.84 Å². The Bertz CT molecular complexity index is 554. The van der Waals surface area contributed by atoms with Gasteiger partial charge in [-0.3, -0.25) is 0 Å². The largest absolute Gasteiger partial charge is 0.394 e. The molecule has 5 heteroatoms. The summed E-state index contributed by atoms with van der Waals surface area (Å²) >= 11 is 0. The first-order valence-corrected chi connectivity index (χ1v) is 8.25. The van der Waals surface area contributed by atoms with E-state index in [1.807, 2.05) is 6.07 Å². The molecule has 1 aliphatic rings. The third-order valence-electron chi connectivity index (χ3n) is 3.65. The molecule has 1 unspecified atom stereocenters. The van der Waals surface area contributed by atoms with Gasteiger partial charge in [-0.1, -0.05) is 32.0 Å². The molecule has 0 spiro atoms. The zero-order chi connectivity index (χ0) is 14.1. The lowest BCUT2D eigenvalue weighted by atomic mass is 9.87. The van der Waals surface area contributed by atoms with Crippen molar-refractivity contribution < 1.29 is 13.5 Å². The van der Waals surface area contributed by atoms with Crippen LogP contribution in [0.5, 0.6) is 0 Å². The van der Waals surface area contributed by atoms with Crippen molar-refractivity contribution in [2.24, 2.45) is 5.92 Å². The van der Waals surface area contributed by atoms with Gasteiger partial charge in [0.2, 0.25) is 0 Å². The number of aliphatic hydroxyl groups is 1. The van der Waals surface area contributed by atoms with E-state index in [-0.39, 0.29) is 12.4 Å². The molecule has 0 bridgehead atoms. The molecule has 0 amide bonds. The fourth-order valence-corrected chi connectivity index (χ4v) is 4.21. The fourth-order valence-electron chi connectivity index (χ4n) is 2.49. The standard InChI is InChI=1S/C14H21NO3S/c1-11(2)9-15-14(10-16)7-8-19(17,18)13-6-4-3-5-12(13)14/h3-6,11,15-16H,7-10H2,1-2H3. The van der Waals surface area contributed by atoms with E-state index in [9.17, 15) is 13.5 Å². The first-order valence-electron chi connectivity index (χ1n) is 6.59. The van der Waals surface area contributed by atoms with Gasteiger partial charge in [-0.15, -0.1) is 0 Å². The number of hydrogen-bond donors (Lipinski definition) is 2. The average Bonchev–Trinajstić information content (AvgIpc) is 2.39. The van der Waals surface area contributed by atoms with E-state index in [0.717, 1.165) is 6.54 Å². The number of sulfone groups is 1. The Kier molecular flexibility index (Phi) is 3.99. The van der Waals surface area contributed by atoms with E-state index in [1.54, 1.807) is 18.2 Å². The van der Waals surface area contributed by atoms with Crippen LogP contribution < -0.4 is 5.32 Å². The normalized spacial score (nSPS) is 25.3. The SMILES string of the molecule is CC(C)CNC1(CO)CCS(=O)(=O)c2ccccc21. The van der Waals surface area contributed by atoms with Gasteiger partial charge < -0.3 is 10.4 Å². The maximum atomic E-state index is 12.1. The molecule has 2 rings (SSSR count). The third-order valence-corrected chi connectivity index (χ3v) is 5.42. The molecule has 19 heavy (non-hydrogen) atoms. The van der Waals surface area contributed by atoms with Crippen molar-refractivity contribution in [3.05, 3.63) is 29.8 Å². The van der Waals surface area contributed by atoms with Crippen molar-refractivity contribution in [2.75, 3.05) is 18.9 Å². The molecule has 0 fully saturated rings. The van der Waals surface area contributed by atoms with Crippen LogP contribution in [0.4, 0.5) is 0 Å². The molecule has 0 aromatic heterocycles. The van der Waals surface area contributed by atoms with Crippen LogP contribution in [0.3, 0.4) is 0 Å². The van der Waals surface area contributed by atoms with Gasteiger partial charge >= 0.3 is 0 Å². The zero-order valence-electron chi connectivity index (χ0n) is 11.4. The Morgan fingerprint density at radius 1 is 1.37 bits per heavy atom. The van der Waals surface area contributed by atoms with E-state index in [4.69, 9.17) is 0 Å². The summed E-state index contributed by atoms with van der Waals surface area (Å²) in [6, 6.07) is 6.98. The van der Waals surface area contributed by atoms with E-state index < -0.39 is 15.4 Å². The molecule has 4 nitrogen and oxygen atoms in total. The Morgan fingerprint density at radius 3 is 2.68 bits per heavy atom. The van der Waals surface area contributed by atoms with Crippen LogP contribution in [-0.2, 0) is 15.4 Å². The van der Waals surface area contributed by atoms with Gasteiger partial charge in [0.1, 0.15) is 0 Å². The molecule has 1 aromatic carbocycles. The van der Waals surface area contributed by atoms with Crippen LogP contribution in [0.2, 0.25) is 0 Å². The van der Waals surface area contributed by atoms with Crippen molar-refractivity contribution in [1.82, 2.24) is 5.32 Å². The molecule has 1 atom stereocenters. The van der Waals surface area contributed by atoms with Crippen LogP contribution in [-0.4, -0.2) is 32.4 Å². The highest BCUT2D eigenvalue weighted by molar-refractivity contribution is 7.91. The highest BCUT2D eigenvalue weighted by Gasteiger charge is 2.41. The molecule has 1 heterocycles. The van der Waals surface area contributed by atoms with E-state index in [1.165, 1.54) is 0 Å². The van der Waals surface area contributed by atoms with Crippen molar-refractivity contribution in [1.29, 1.82) is 0 Å². The summed E-state index contributed by atoms with van der Waals surface area (Å²) < 4.78 is 24.2. The van der Waals surface area contributed by atoms with Gasteiger partial charge in [-0.2, -0.15) is 0 Å². The molecular weight excluding hydrogens is 262 g/mol. The second kappa shape index (κ2) is 5.23. The van der Waals surface area contributed by atoms with Crippen molar-refractivity contribution in [3.63, 3.8) is 0 Å². The van der Waals surface area contributed by atoms with Crippen LogP contribution in [0.1, 0.15) is 25.8 Å². The van der Waals surface area contributed by atoms with E-state index in [2.05, 4.69) is 19.2 Å². The second-order valence-electron chi connectivity index (χ2n) is 5.58. The summed E-state index contributed by atoms with van der Waals surface area (Å²) in [4.78, 5) is 0.353. The summed E-state index contributed by atoms with van der Waals surface area (Å²) in [5.74, 6) is 0.518. The zero-order valence-corrected chi connectivity index (χ0v) is 12.2. The highest BCUT2D eigenvalue weighted by Crippen LogP contribution is 2.36. The Balaban J connectivity index is 2.47. The Morgan fingerprint density at radius 2 is 2.05 bits per heavy atom. The molecule has 2 N–H and O–H groups in total. The minimum absolute atomic E-state index is 0.0790. The molecule has 1 aliphatic heterocycles. The summed E-state index contributed by atoms with van der Waals surface area (Å²) in [6.45, 7) is 4.83. The van der Waals surface area contributed by atoms with Crippen LogP contribution in [0.25, 0.3) is 0 Å². The van der Waals surface area contributed by atoms with Crippen molar-refractivity contribution in [3.8, 4) is 0 Å². The van der Waals surface area contributed by atoms with Gasteiger partial charge in [0.05, 0.1) is 22.8 Å². The molecule has 0 radical (unpaired) electrons. The Labute approximate surface area is 114 Å². The number of hydrogen-bond acceptors (Lipinski definition) is 4. The summed E-state index contributed by atoms with van der Waals surface area (Å²) in [7, 11) is -3.21. The molecule has 0 saturated heterocycles. The fraction of sp³-hybridized carbons (Fsp3) is 0.571. The molecule has 0 saturated carbocycles.